The topological polar surface area (TPSA) is 41.9 Å². The Bertz CT molecular complexity index is 683. The molecule has 0 radical (unpaired) electrons. The molecule has 4 heteroatoms. The molecule has 1 aromatic carbocycles. The van der Waals surface area contributed by atoms with E-state index < -0.39 is 6.04 Å². The Hall–Kier alpha value is -1.84. The normalized spacial score (nSPS) is 24.1. The number of para-hydroxylation sites is 1. The Labute approximate surface area is 171 Å². The number of amidine groups is 1. The lowest BCUT2D eigenvalue weighted by Gasteiger charge is -2.38. The second kappa shape index (κ2) is 10.1. The van der Waals surface area contributed by atoms with Crippen LogP contribution in [0.15, 0.2) is 29.3 Å². The van der Waals surface area contributed by atoms with E-state index in [-0.39, 0.29) is 12.1 Å². The number of rotatable bonds is 6. The molecule has 1 fully saturated rings. The van der Waals surface area contributed by atoms with E-state index in [1.807, 2.05) is 24.0 Å². The number of aliphatic imine (C=N–C) groups is 1. The van der Waals surface area contributed by atoms with Crippen LogP contribution in [0.2, 0.25) is 0 Å². The highest BCUT2D eigenvalue weighted by atomic mass is 16.5. The van der Waals surface area contributed by atoms with E-state index >= 15 is 0 Å². The Morgan fingerprint density at radius 3 is 2.50 bits per heavy atom. The summed E-state index contributed by atoms with van der Waals surface area (Å²) in [6.07, 6.45) is 4.11. The Kier molecular flexibility index (Phi) is 8.09. The molecule has 156 valence electrons. The summed E-state index contributed by atoms with van der Waals surface area (Å²) in [5, 5.41) is 0. The molecule has 0 aromatic heterocycles. The van der Waals surface area contributed by atoms with Crippen molar-refractivity contribution in [1.82, 2.24) is 0 Å². The predicted octanol–water partition coefficient (Wildman–Crippen LogP) is 5.63. The van der Waals surface area contributed by atoms with Crippen molar-refractivity contribution in [1.29, 1.82) is 0 Å². The summed E-state index contributed by atoms with van der Waals surface area (Å²) >= 11 is 0. The molecule has 1 saturated carbocycles. The van der Waals surface area contributed by atoms with Crippen molar-refractivity contribution in [2.24, 2.45) is 22.7 Å². The first-order chi connectivity index (χ1) is 13.3. The summed E-state index contributed by atoms with van der Waals surface area (Å²) in [7, 11) is 1.79. The molecule has 0 aliphatic heterocycles. The van der Waals surface area contributed by atoms with Gasteiger partial charge in [0.2, 0.25) is 0 Å². The molecule has 1 aromatic rings. The van der Waals surface area contributed by atoms with Crippen LogP contribution in [0.25, 0.3) is 0 Å². The molecule has 0 amide bonds. The molecular weight excluding hydrogens is 348 g/mol. The van der Waals surface area contributed by atoms with Gasteiger partial charge in [-0.1, -0.05) is 52.3 Å². The molecule has 1 aliphatic rings. The zero-order valence-corrected chi connectivity index (χ0v) is 18.7. The first-order valence-corrected chi connectivity index (χ1v) is 10.8. The molecular formula is C24H38N2O2. The van der Waals surface area contributed by atoms with Crippen LogP contribution in [0.4, 0.5) is 5.69 Å². The summed E-state index contributed by atoms with van der Waals surface area (Å²) < 4.78 is 6.14. The fourth-order valence-corrected chi connectivity index (χ4v) is 4.44. The van der Waals surface area contributed by atoms with Gasteiger partial charge in [-0.15, -0.1) is 0 Å². The van der Waals surface area contributed by atoms with Gasteiger partial charge in [0.1, 0.15) is 18.0 Å². The van der Waals surface area contributed by atoms with Gasteiger partial charge >= 0.3 is 5.97 Å². The number of ether oxygens (including phenoxy) is 1. The molecule has 4 nitrogen and oxygen atoms in total. The molecule has 0 spiro atoms. The standard InChI is InChI=1S/C24H38N2O2/c1-8-23(25-7)26(21-12-10-9-11-18(21)5)19(6)24(27)28-22-15-17(4)13-14-20(22)16(2)3/h9-12,16-17,19-20,22H,8,13-15H2,1-7H3/t17-,19+,20+,22-/m0/s1. The molecule has 0 saturated heterocycles. The third kappa shape index (κ3) is 5.15. The van der Waals surface area contributed by atoms with Crippen LogP contribution in [0.5, 0.6) is 0 Å². The number of hydrogen-bond donors (Lipinski definition) is 0. The molecule has 0 heterocycles. The van der Waals surface area contributed by atoms with Gasteiger partial charge in [-0.05, 0) is 56.1 Å². The SMILES string of the molecule is CCC(=NC)N(c1ccccc1C)[C@H](C)C(=O)O[C@H]1C[C@@H](C)CC[C@@H]1C(C)C. The van der Waals surface area contributed by atoms with Gasteiger partial charge in [-0.25, -0.2) is 4.79 Å². The van der Waals surface area contributed by atoms with Crippen LogP contribution >= 0.6 is 0 Å². The summed E-state index contributed by atoms with van der Waals surface area (Å²) in [6.45, 7) is 12.8. The van der Waals surface area contributed by atoms with Crippen molar-refractivity contribution in [3.63, 3.8) is 0 Å². The average Bonchev–Trinajstić information content (AvgIpc) is 2.66. The number of nitrogens with zero attached hydrogens (tertiary/aromatic N) is 2. The predicted molar refractivity (Wildman–Crippen MR) is 118 cm³/mol. The fraction of sp³-hybridized carbons (Fsp3) is 0.667. The number of hydrogen-bond acceptors (Lipinski definition) is 3. The number of esters is 1. The minimum Gasteiger partial charge on any atom is -0.461 e. The van der Waals surface area contributed by atoms with Crippen molar-refractivity contribution in [2.45, 2.75) is 79.4 Å². The summed E-state index contributed by atoms with van der Waals surface area (Å²) in [5.74, 6) is 2.33. The van der Waals surface area contributed by atoms with Gasteiger partial charge in [-0.2, -0.15) is 0 Å². The van der Waals surface area contributed by atoms with Gasteiger partial charge in [0.25, 0.3) is 0 Å². The molecule has 28 heavy (non-hydrogen) atoms. The van der Waals surface area contributed by atoms with Crippen LogP contribution < -0.4 is 4.90 Å². The van der Waals surface area contributed by atoms with Crippen LogP contribution in [0, 0.1) is 24.7 Å². The van der Waals surface area contributed by atoms with Gasteiger partial charge in [0.05, 0.1) is 0 Å². The fourth-order valence-electron chi connectivity index (χ4n) is 4.44. The van der Waals surface area contributed by atoms with E-state index in [0.717, 1.165) is 36.3 Å². The van der Waals surface area contributed by atoms with Crippen LogP contribution in [0.1, 0.15) is 65.9 Å². The zero-order valence-electron chi connectivity index (χ0n) is 18.7. The van der Waals surface area contributed by atoms with E-state index in [1.165, 1.54) is 6.42 Å². The van der Waals surface area contributed by atoms with Crippen LogP contribution in [-0.2, 0) is 9.53 Å². The van der Waals surface area contributed by atoms with E-state index in [0.29, 0.717) is 17.8 Å². The lowest BCUT2D eigenvalue weighted by atomic mass is 9.75. The maximum Gasteiger partial charge on any atom is 0.329 e. The second-order valence-electron chi connectivity index (χ2n) is 8.63. The molecule has 4 atom stereocenters. The van der Waals surface area contributed by atoms with E-state index in [4.69, 9.17) is 4.74 Å². The highest BCUT2D eigenvalue weighted by Crippen LogP contribution is 2.36. The zero-order chi connectivity index (χ0) is 20.8. The number of carbonyl (C=O) groups excluding carboxylic acids is 1. The third-order valence-corrected chi connectivity index (χ3v) is 6.18. The van der Waals surface area contributed by atoms with Crippen molar-refractivity contribution < 1.29 is 9.53 Å². The Balaban J connectivity index is 2.27. The van der Waals surface area contributed by atoms with Gasteiger partial charge in [0.15, 0.2) is 0 Å². The van der Waals surface area contributed by atoms with E-state index in [1.54, 1.807) is 7.05 Å². The lowest BCUT2D eigenvalue weighted by molar-refractivity contribution is -0.156. The van der Waals surface area contributed by atoms with Crippen LogP contribution in [0.3, 0.4) is 0 Å². The maximum absolute atomic E-state index is 13.2. The molecule has 0 N–H and O–H groups in total. The van der Waals surface area contributed by atoms with Gasteiger partial charge in [0, 0.05) is 19.2 Å². The minimum atomic E-state index is -0.412. The van der Waals surface area contributed by atoms with Crippen molar-refractivity contribution in [3.05, 3.63) is 29.8 Å². The van der Waals surface area contributed by atoms with Crippen molar-refractivity contribution in [3.8, 4) is 0 Å². The number of carbonyl (C=O) groups is 1. The van der Waals surface area contributed by atoms with Gasteiger partial charge < -0.3 is 9.64 Å². The summed E-state index contributed by atoms with van der Waals surface area (Å²) in [4.78, 5) is 19.7. The van der Waals surface area contributed by atoms with E-state index in [2.05, 4.69) is 51.7 Å². The lowest BCUT2D eigenvalue weighted by Crippen LogP contribution is -2.47. The highest BCUT2D eigenvalue weighted by Gasteiger charge is 2.36. The Morgan fingerprint density at radius 2 is 1.93 bits per heavy atom. The second-order valence-corrected chi connectivity index (χ2v) is 8.63. The smallest absolute Gasteiger partial charge is 0.329 e. The molecule has 2 rings (SSSR count). The summed E-state index contributed by atoms with van der Waals surface area (Å²) in [6, 6.07) is 7.74. The summed E-state index contributed by atoms with van der Waals surface area (Å²) in [5.41, 5.74) is 2.15. The quantitative estimate of drug-likeness (QED) is 0.361. The number of benzene rings is 1. The molecule has 1 aliphatic carbocycles. The maximum atomic E-state index is 13.2. The third-order valence-electron chi connectivity index (χ3n) is 6.18. The van der Waals surface area contributed by atoms with Gasteiger partial charge in [-0.3, -0.25) is 4.99 Å². The van der Waals surface area contributed by atoms with Crippen LogP contribution in [-0.4, -0.2) is 31.0 Å². The number of aryl methyl sites for hydroxylation is 1. The number of anilines is 1. The average molecular weight is 387 g/mol. The minimum absolute atomic E-state index is 0.0149. The molecule has 0 unspecified atom stereocenters. The van der Waals surface area contributed by atoms with E-state index in [9.17, 15) is 4.79 Å². The molecule has 0 bridgehead atoms. The van der Waals surface area contributed by atoms with Crippen molar-refractivity contribution in [2.75, 3.05) is 11.9 Å². The monoisotopic (exact) mass is 386 g/mol. The Morgan fingerprint density at radius 1 is 1.25 bits per heavy atom. The highest BCUT2D eigenvalue weighted by molar-refractivity contribution is 6.03. The first kappa shape index (κ1) is 22.4. The largest absolute Gasteiger partial charge is 0.461 e. The first-order valence-electron chi connectivity index (χ1n) is 10.8. The van der Waals surface area contributed by atoms with Crippen molar-refractivity contribution >= 4 is 17.5 Å².